The van der Waals surface area contributed by atoms with Gasteiger partial charge in [0, 0.05) is 40.7 Å². The maximum Gasteiger partial charge on any atom is 0.258 e. The van der Waals surface area contributed by atoms with Gasteiger partial charge in [0.15, 0.2) is 0 Å². The molecule has 0 aliphatic carbocycles. The molecule has 3 rings (SSSR count). The van der Waals surface area contributed by atoms with Crippen LogP contribution >= 0.6 is 0 Å². The molecule has 1 aliphatic rings. The number of rotatable bonds is 3. The van der Waals surface area contributed by atoms with Gasteiger partial charge >= 0.3 is 0 Å². The van der Waals surface area contributed by atoms with Crippen LogP contribution in [0.15, 0.2) is 30.3 Å². The maximum absolute atomic E-state index is 12.0. The number of amides is 2. The van der Waals surface area contributed by atoms with Crippen LogP contribution in [-0.2, 0) is 0 Å². The van der Waals surface area contributed by atoms with Crippen molar-refractivity contribution in [3.8, 4) is 0 Å². The van der Waals surface area contributed by atoms with Gasteiger partial charge in [-0.15, -0.1) is 0 Å². The van der Waals surface area contributed by atoms with Gasteiger partial charge in [-0.2, -0.15) is 0 Å². The fourth-order valence-corrected chi connectivity index (χ4v) is 2.85. The second-order valence-electron chi connectivity index (χ2n) is 4.82. The van der Waals surface area contributed by atoms with Crippen molar-refractivity contribution in [1.29, 1.82) is 0 Å². The Morgan fingerprint density at radius 1 is 0.950 bits per heavy atom. The fourth-order valence-electron chi connectivity index (χ4n) is 2.85. The molecule has 4 nitrogen and oxygen atoms in total. The first-order valence-corrected chi connectivity index (χ1v) is 6.83. The lowest BCUT2D eigenvalue weighted by Gasteiger charge is -2.25. The monoisotopic (exact) mass is 268 g/mol. The quantitative estimate of drug-likeness (QED) is 0.870. The molecule has 1 aliphatic heterocycles. The third-order valence-corrected chi connectivity index (χ3v) is 3.84. The van der Waals surface area contributed by atoms with Gasteiger partial charge in [-0.05, 0) is 32.0 Å². The van der Waals surface area contributed by atoms with Crippen molar-refractivity contribution in [2.24, 2.45) is 0 Å². The van der Waals surface area contributed by atoms with Crippen LogP contribution in [0.25, 0.3) is 10.8 Å². The van der Waals surface area contributed by atoms with Crippen molar-refractivity contribution in [1.82, 2.24) is 5.32 Å². The zero-order valence-corrected chi connectivity index (χ0v) is 11.6. The van der Waals surface area contributed by atoms with E-state index in [9.17, 15) is 9.59 Å². The van der Waals surface area contributed by atoms with E-state index in [1.165, 1.54) is 0 Å². The van der Waals surface area contributed by atoms with Gasteiger partial charge in [0.1, 0.15) is 0 Å². The number of carbonyl (C=O) groups excluding carboxylic acids is 2. The van der Waals surface area contributed by atoms with Gasteiger partial charge in [0.2, 0.25) is 0 Å². The summed E-state index contributed by atoms with van der Waals surface area (Å²) in [6.07, 6.45) is 0. The van der Waals surface area contributed by atoms with Crippen LogP contribution < -0.4 is 10.2 Å². The number of hydrogen-bond acceptors (Lipinski definition) is 3. The smallest absolute Gasteiger partial charge is 0.258 e. The highest BCUT2D eigenvalue weighted by molar-refractivity contribution is 6.26. The van der Waals surface area contributed by atoms with Crippen molar-refractivity contribution in [3.63, 3.8) is 0 Å². The number of anilines is 1. The SMILES string of the molecule is CCN(CC)c1ccc2c3c(cccc13)C(=O)NC2=O. The molecular weight excluding hydrogens is 252 g/mol. The average molecular weight is 268 g/mol. The zero-order chi connectivity index (χ0) is 14.3. The predicted molar refractivity (Wildman–Crippen MR) is 79.3 cm³/mol. The van der Waals surface area contributed by atoms with Crippen molar-refractivity contribution >= 4 is 28.3 Å². The van der Waals surface area contributed by atoms with Crippen LogP contribution in [0.4, 0.5) is 5.69 Å². The third-order valence-electron chi connectivity index (χ3n) is 3.84. The summed E-state index contributed by atoms with van der Waals surface area (Å²) in [5.41, 5.74) is 2.22. The second kappa shape index (κ2) is 4.63. The third kappa shape index (κ3) is 1.68. The van der Waals surface area contributed by atoms with E-state index in [1.54, 1.807) is 12.1 Å². The first kappa shape index (κ1) is 12.7. The highest BCUT2D eigenvalue weighted by Gasteiger charge is 2.26. The lowest BCUT2D eigenvalue weighted by molar-refractivity contribution is 0.0845. The Bertz CT molecular complexity index is 697. The van der Waals surface area contributed by atoms with Gasteiger partial charge in [0.05, 0.1) is 0 Å². The number of hydrogen-bond donors (Lipinski definition) is 1. The van der Waals surface area contributed by atoms with E-state index in [2.05, 4.69) is 24.1 Å². The molecule has 1 heterocycles. The van der Waals surface area contributed by atoms with E-state index >= 15 is 0 Å². The number of benzene rings is 2. The minimum atomic E-state index is -0.315. The van der Waals surface area contributed by atoms with Crippen LogP contribution in [0.3, 0.4) is 0 Å². The van der Waals surface area contributed by atoms with Gasteiger partial charge < -0.3 is 4.90 Å². The van der Waals surface area contributed by atoms with Gasteiger partial charge in [0.25, 0.3) is 11.8 Å². The Hall–Kier alpha value is -2.36. The number of nitrogens with zero attached hydrogens (tertiary/aromatic N) is 1. The molecule has 0 spiro atoms. The molecule has 0 unspecified atom stereocenters. The minimum Gasteiger partial charge on any atom is -0.372 e. The van der Waals surface area contributed by atoms with E-state index in [-0.39, 0.29) is 11.8 Å². The van der Waals surface area contributed by atoms with Crippen LogP contribution in [0.2, 0.25) is 0 Å². The van der Waals surface area contributed by atoms with Crippen LogP contribution in [0.1, 0.15) is 34.6 Å². The molecule has 0 fully saturated rings. The molecule has 20 heavy (non-hydrogen) atoms. The molecule has 0 radical (unpaired) electrons. The molecule has 2 aromatic rings. The molecule has 2 aromatic carbocycles. The van der Waals surface area contributed by atoms with E-state index in [0.717, 1.165) is 29.5 Å². The number of imide groups is 1. The molecule has 1 N–H and O–H groups in total. The molecule has 0 atom stereocenters. The Morgan fingerprint density at radius 2 is 1.60 bits per heavy atom. The van der Waals surface area contributed by atoms with Gasteiger partial charge in [-0.25, -0.2) is 0 Å². The van der Waals surface area contributed by atoms with Gasteiger partial charge in [-0.3, -0.25) is 14.9 Å². The molecule has 2 amide bonds. The van der Waals surface area contributed by atoms with Gasteiger partial charge in [-0.1, -0.05) is 12.1 Å². The molecular formula is C16H16N2O2. The summed E-state index contributed by atoms with van der Waals surface area (Å²) in [7, 11) is 0. The first-order valence-electron chi connectivity index (χ1n) is 6.83. The van der Waals surface area contributed by atoms with Crippen LogP contribution in [-0.4, -0.2) is 24.9 Å². The summed E-state index contributed by atoms with van der Waals surface area (Å²) in [4.78, 5) is 26.1. The van der Waals surface area contributed by atoms with Crippen molar-refractivity contribution in [2.75, 3.05) is 18.0 Å². The number of carbonyl (C=O) groups is 2. The molecule has 0 bridgehead atoms. The van der Waals surface area contributed by atoms with Crippen molar-refractivity contribution < 1.29 is 9.59 Å². The summed E-state index contributed by atoms with van der Waals surface area (Å²) >= 11 is 0. The molecule has 0 aromatic heterocycles. The second-order valence-corrected chi connectivity index (χ2v) is 4.82. The highest BCUT2D eigenvalue weighted by atomic mass is 16.2. The first-order chi connectivity index (χ1) is 9.67. The Labute approximate surface area is 117 Å². The van der Waals surface area contributed by atoms with Crippen LogP contribution in [0.5, 0.6) is 0 Å². The zero-order valence-electron chi connectivity index (χ0n) is 11.6. The largest absolute Gasteiger partial charge is 0.372 e. The fraction of sp³-hybridized carbons (Fsp3) is 0.250. The molecule has 0 saturated heterocycles. The summed E-state index contributed by atoms with van der Waals surface area (Å²) in [5, 5.41) is 4.11. The molecule has 4 heteroatoms. The Kier molecular flexibility index (Phi) is 2.93. The Balaban J connectivity index is 2.37. The highest BCUT2D eigenvalue weighted by Crippen LogP contribution is 2.33. The topological polar surface area (TPSA) is 49.4 Å². The Morgan fingerprint density at radius 3 is 2.25 bits per heavy atom. The average Bonchev–Trinajstić information content (AvgIpc) is 2.46. The molecule has 0 saturated carbocycles. The normalized spacial score (nSPS) is 13.5. The van der Waals surface area contributed by atoms with Crippen LogP contribution in [0, 0.1) is 0 Å². The van der Waals surface area contributed by atoms with Crippen molar-refractivity contribution in [3.05, 3.63) is 41.5 Å². The summed E-state index contributed by atoms with van der Waals surface area (Å²) in [6, 6.07) is 9.37. The minimum absolute atomic E-state index is 0.315. The standard InChI is InChI=1S/C16H16N2O2/c1-3-18(4-2)13-9-8-12-14-10(13)6-5-7-11(14)15(19)17-16(12)20/h5-9H,3-4H2,1-2H3,(H,17,19,20). The molecule has 102 valence electrons. The summed E-state index contributed by atoms with van der Waals surface area (Å²) in [5.74, 6) is -0.630. The van der Waals surface area contributed by atoms with E-state index in [1.807, 2.05) is 18.2 Å². The predicted octanol–water partition coefficient (Wildman–Crippen LogP) is 2.57. The van der Waals surface area contributed by atoms with E-state index < -0.39 is 0 Å². The summed E-state index contributed by atoms with van der Waals surface area (Å²) < 4.78 is 0. The van der Waals surface area contributed by atoms with Crippen molar-refractivity contribution in [2.45, 2.75) is 13.8 Å². The maximum atomic E-state index is 12.0. The lowest BCUT2D eigenvalue weighted by Crippen LogP contribution is -2.35. The lowest BCUT2D eigenvalue weighted by atomic mass is 9.94. The van der Waals surface area contributed by atoms with E-state index in [4.69, 9.17) is 0 Å². The van der Waals surface area contributed by atoms with E-state index in [0.29, 0.717) is 11.1 Å². The number of nitrogens with one attached hydrogen (secondary N) is 1. The summed E-state index contributed by atoms with van der Waals surface area (Å²) in [6.45, 7) is 5.96.